The molecule has 1 fully saturated rings. The van der Waals surface area contributed by atoms with Crippen LogP contribution in [0.2, 0.25) is 0 Å². The molecule has 0 saturated carbocycles. The van der Waals surface area contributed by atoms with Crippen molar-refractivity contribution in [2.24, 2.45) is 0 Å². The predicted octanol–water partition coefficient (Wildman–Crippen LogP) is 3.16. The van der Waals surface area contributed by atoms with Crippen molar-refractivity contribution in [1.82, 2.24) is 9.96 Å². The topological polar surface area (TPSA) is 60.9 Å². The first-order valence-corrected chi connectivity index (χ1v) is 8.07. The van der Waals surface area contributed by atoms with Crippen LogP contribution in [0.15, 0.2) is 34.1 Å². The van der Waals surface area contributed by atoms with Gasteiger partial charge in [0, 0.05) is 9.85 Å². The molecule has 0 spiro atoms. The van der Waals surface area contributed by atoms with E-state index in [1.54, 1.807) is 11.4 Å². The van der Waals surface area contributed by atoms with Crippen molar-refractivity contribution < 1.29 is 23.6 Å². The van der Waals surface area contributed by atoms with E-state index in [0.717, 1.165) is 23.1 Å². The van der Waals surface area contributed by atoms with Gasteiger partial charge in [-0.2, -0.15) is 5.06 Å². The number of nitrogens with zero attached hydrogens (tertiary/aromatic N) is 2. The molecule has 23 heavy (non-hydrogen) atoms. The minimum atomic E-state index is -1.12. The van der Waals surface area contributed by atoms with Crippen molar-refractivity contribution in [1.29, 1.82) is 0 Å². The zero-order chi connectivity index (χ0) is 16.7. The standard InChI is InChI=1S/C14H9BrF2N2O3S/c15-7-4-10(23-6-7)13-18(5-11(20)19(13)22)14(21)12-8(16)2-1-3-9(12)17/h1-4,6,13,22H,5H2. The summed E-state index contributed by atoms with van der Waals surface area (Å²) in [6.45, 7) is -0.469. The number of carbonyl (C=O) groups is 2. The largest absolute Gasteiger partial charge is 0.302 e. The van der Waals surface area contributed by atoms with Gasteiger partial charge in [-0.1, -0.05) is 6.07 Å². The van der Waals surface area contributed by atoms with Crippen LogP contribution in [0.5, 0.6) is 0 Å². The van der Waals surface area contributed by atoms with Gasteiger partial charge in [0.1, 0.15) is 23.7 Å². The molecule has 2 heterocycles. The summed E-state index contributed by atoms with van der Waals surface area (Å²) >= 11 is 4.44. The average Bonchev–Trinajstić information content (AvgIpc) is 3.03. The van der Waals surface area contributed by atoms with Crippen LogP contribution >= 0.6 is 27.3 Å². The number of hydrogen-bond donors (Lipinski definition) is 1. The normalized spacial score (nSPS) is 17.9. The molecule has 1 aliphatic heterocycles. The molecule has 1 saturated heterocycles. The van der Waals surface area contributed by atoms with Crippen LogP contribution in [0.1, 0.15) is 21.4 Å². The molecule has 2 aromatic rings. The van der Waals surface area contributed by atoms with Crippen LogP contribution in [-0.2, 0) is 4.79 Å². The van der Waals surface area contributed by atoms with E-state index >= 15 is 0 Å². The molecule has 1 N–H and O–H groups in total. The van der Waals surface area contributed by atoms with Crippen molar-refractivity contribution in [3.8, 4) is 0 Å². The molecule has 5 nitrogen and oxygen atoms in total. The molecule has 1 unspecified atom stereocenters. The number of hydrogen-bond acceptors (Lipinski definition) is 4. The fourth-order valence-electron chi connectivity index (χ4n) is 2.34. The van der Waals surface area contributed by atoms with Crippen molar-refractivity contribution in [2.75, 3.05) is 6.54 Å². The van der Waals surface area contributed by atoms with E-state index in [0.29, 0.717) is 14.4 Å². The van der Waals surface area contributed by atoms with E-state index < -0.39 is 41.7 Å². The average molecular weight is 403 g/mol. The quantitative estimate of drug-likeness (QED) is 0.784. The molecule has 1 atom stereocenters. The van der Waals surface area contributed by atoms with Crippen molar-refractivity contribution in [3.63, 3.8) is 0 Å². The maximum Gasteiger partial charge on any atom is 0.268 e. The van der Waals surface area contributed by atoms with E-state index in [9.17, 15) is 23.6 Å². The molecule has 1 aromatic heterocycles. The lowest BCUT2D eigenvalue weighted by Crippen LogP contribution is -2.34. The summed E-state index contributed by atoms with van der Waals surface area (Å²) in [4.78, 5) is 25.7. The molecule has 0 radical (unpaired) electrons. The Kier molecular flexibility index (Phi) is 4.17. The Morgan fingerprint density at radius 3 is 2.57 bits per heavy atom. The monoisotopic (exact) mass is 402 g/mol. The predicted molar refractivity (Wildman–Crippen MR) is 80.8 cm³/mol. The molecule has 2 amide bonds. The highest BCUT2D eigenvalue weighted by atomic mass is 79.9. The van der Waals surface area contributed by atoms with E-state index in [2.05, 4.69) is 15.9 Å². The van der Waals surface area contributed by atoms with Gasteiger partial charge in [0.2, 0.25) is 0 Å². The molecule has 1 aromatic carbocycles. The lowest BCUT2D eigenvalue weighted by atomic mass is 10.1. The highest BCUT2D eigenvalue weighted by molar-refractivity contribution is 9.10. The van der Waals surface area contributed by atoms with E-state index in [4.69, 9.17) is 0 Å². The van der Waals surface area contributed by atoms with Gasteiger partial charge in [0.25, 0.3) is 11.8 Å². The van der Waals surface area contributed by atoms with Gasteiger partial charge in [-0.15, -0.1) is 11.3 Å². The lowest BCUT2D eigenvalue weighted by molar-refractivity contribution is -0.168. The lowest BCUT2D eigenvalue weighted by Gasteiger charge is -2.25. The van der Waals surface area contributed by atoms with E-state index in [1.807, 2.05) is 0 Å². The molecule has 120 valence electrons. The third-order valence-electron chi connectivity index (χ3n) is 3.37. The first kappa shape index (κ1) is 16.0. The molecule has 0 bridgehead atoms. The first-order valence-electron chi connectivity index (χ1n) is 6.40. The Morgan fingerprint density at radius 2 is 2.00 bits per heavy atom. The number of thiophene rings is 1. The molecular weight excluding hydrogens is 394 g/mol. The summed E-state index contributed by atoms with van der Waals surface area (Å²) in [6, 6.07) is 4.68. The second-order valence-corrected chi connectivity index (χ2v) is 6.67. The van der Waals surface area contributed by atoms with Gasteiger partial charge in [0.05, 0.1) is 4.88 Å². The zero-order valence-electron chi connectivity index (χ0n) is 11.4. The number of amides is 2. The summed E-state index contributed by atoms with van der Waals surface area (Å²) in [5, 5.41) is 12.0. The first-order chi connectivity index (χ1) is 10.9. The van der Waals surface area contributed by atoms with E-state index in [1.165, 1.54) is 11.3 Å². The summed E-state index contributed by atoms with van der Waals surface area (Å²) in [5.74, 6) is -3.78. The maximum atomic E-state index is 13.8. The number of rotatable bonds is 2. The SMILES string of the molecule is O=C1CN(C(=O)c2c(F)cccc2F)C(c2cc(Br)cs2)N1O. The zero-order valence-corrected chi connectivity index (χ0v) is 13.8. The van der Waals surface area contributed by atoms with Crippen LogP contribution in [0.4, 0.5) is 8.78 Å². The number of hydroxylamine groups is 2. The molecule has 0 aliphatic carbocycles. The van der Waals surface area contributed by atoms with Gasteiger partial charge in [-0.25, -0.2) is 8.78 Å². The van der Waals surface area contributed by atoms with Gasteiger partial charge in [0.15, 0.2) is 6.17 Å². The minimum absolute atomic E-state index is 0.398. The van der Waals surface area contributed by atoms with Gasteiger partial charge < -0.3 is 4.90 Å². The fraction of sp³-hybridized carbons (Fsp3) is 0.143. The van der Waals surface area contributed by atoms with Gasteiger partial charge >= 0.3 is 0 Å². The maximum absolute atomic E-state index is 13.8. The molecular formula is C14H9BrF2N2O3S. The van der Waals surface area contributed by atoms with Gasteiger partial charge in [-0.05, 0) is 34.1 Å². The Balaban J connectivity index is 2.03. The highest BCUT2D eigenvalue weighted by Gasteiger charge is 2.43. The molecule has 1 aliphatic rings. The third-order valence-corrected chi connectivity index (χ3v) is 5.10. The third kappa shape index (κ3) is 2.75. The van der Waals surface area contributed by atoms with Crippen molar-refractivity contribution in [2.45, 2.75) is 6.17 Å². The summed E-state index contributed by atoms with van der Waals surface area (Å²) in [7, 11) is 0. The Bertz CT molecular complexity index is 778. The van der Waals surface area contributed by atoms with Crippen LogP contribution < -0.4 is 0 Å². The van der Waals surface area contributed by atoms with Crippen LogP contribution in [-0.4, -0.2) is 33.5 Å². The summed E-state index contributed by atoms with van der Waals surface area (Å²) in [5.41, 5.74) is -0.753. The highest BCUT2D eigenvalue weighted by Crippen LogP contribution is 2.36. The van der Waals surface area contributed by atoms with Gasteiger partial charge in [-0.3, -0.25) is 14.8 Å². The van der Waals surface area contributed by atoms with Crippen LogP contribution in [0, 0.1) is 11.6 Å². The Labute approximate surface area is 141 Å². The van der Waals surface area contributed by atoms with Crippen molar-refractivity contribution in [3.05, 3.63) is 56.2 Å². The van der Waals surface area contributed by atoms with E-state index in [-0.39, 0.29) is 0 Å². The molecule has 3 rings (SSSR count). The number of benzene rings is 1. The summed E-state index contributed by atoms with van der Waals surface area (Å²) in [6.07, 6.45) is -1.12. The minimum Gasteiger partial charge on any atom is -0.302 e. The smallest absolute Gasteiger partial charge is 0.268 e. The second-order valence-electron chi connectivity index (χ2n) is 4.81. The molecule has 9 heteroatoms. The summed E-state index contributed by atoms with van der Waals surface area (Å²) < 4.78 is 28.4. The van der Waals surface area contributed by atoms with Crippen LogP contribution in [0.3, 0.4) is 0 Å². The Morgan fingerprint density at radius 1 is 1.35 bits per heavy atom. The fourth-order valence-corrected chi connectivity index (χ4v) is 3.88. The second kappa shape index (κ2) is 5.99. The van der Waals surface area contributed by atoms with Crippen molar-refractivity contribution >= 4 is 39.1 Å². The number of carbonyl (C=O) groups excluding carboxylic acids is 2. The van der Waals surface area contributed by atoms with Crippen LogP contribution in [0.25, 0.3) is 0 Å². The number of halogens is 3. The Hall–Kier alpha value is -1.84.